The van der Waals surface area contributed by atoms with E-state index < -0.39 is 22.0 Å². The number of rotatable bonds is 4. The maximum Gasteiger partial charge on any atom is 0.246 e. The van der Waals surface area contributed by atoms with Crippen LogP contribution in [0.4, 0.5) is 5.13 Å². The summed E-state index contributed by atoms with van der Waals surface area (Å²) in [6.07, 6.45) is 1.03. The molecule has 2 aromatic carbocycles. The highest BCUT2D eigenvalue weighted by molar-refractivity contribution is 7.89. The molecule has 0 unspecified atom stereocenters. The SMILES string of the molecule is O=C(Nc1nc2ccc(Cl)cc2s1)[C@@H]1CCCN1S(=O)(=O)c1cccc2nsnc12. The molecular weight excluding hydrogens is 466 g/mol. The van der Waals surface area contributed by atoms with Gasteiger partial charge in [0.05, 0.1) is 21.9 Å². The lowest BCUT2D eigenvalue weighted by Gasteiger charge is -2.23. The van der Waals surface area contributed by atoms with Gasteiger partial charge < -0.3 is 5.32 Å². The third-order valence-electron chi connectivity index (χ3n) is 4.92. The maximum absolute atomic E-state index is 13.3. The summed E-state index contributed by atoms with van der Waals surface area (Å²) in [6.45, 7) is 0.268. The topological polar surface area (TPSA) is 105 Å². The number of benzene rings is 2. The van der Waals surface area contributed by atoms with Gasteiger partial charge in [-0.1, -0.05) is 29.0 Å². The minimum atomic E-state index is -3.91. The molecule has 3 heterocycles. The fourth-order valence-corrected chi connectivity index (χ4v) is 7.10. The molecule has 0 aliphatic carbocycles. The van der Waals surface area contributed by atoms with E-state index in [1.807, 2.05) is 0 Å². The first-order valence-corrected chi connectivity index (χ1v) is 12.4. The van der Waals surface area contributed by atoms with Crippen LogP contribution in [0.1, 0.15) is 12.8 Å². The molecule has 0 saturated carbocycles. The highest BCUT2D eigenvalue weighted by atomic mass is 35.5. The number of anilines is 1. The number of amides is 1. The molecule has 1 aliphatic heterocycles. The zero-order valence-electron chi connectivity index (χ0n) is 15.3. The fourth-order valence-electron chi connectivity index (χ4n) is 3.55. The molecule has 5 rings (SSSR count). The van der Waals surface area contributed by atoms with Gasteiger partial charge in [0.2, 0.25) is 15.9 Å². The van der Waals surface area contributed by atoms with E-state index >= 15 is 0 Å². The Kier molecular flexibility index (Phi) is 4.94. The van der Waals surface area contributed by atoms with E-state index in [9.17, 15) is 13.2 Å². The summed E-state index contributed by atoms with van der Waals surface area (Å²) in [6, 6.07) is 9.32. The van der Waals surface area contributed by atoms with Crippen LogP contribution in [0.5, 0.6) is 0 Å². The lowest BCUT2D eigenvalue weighted by atomic mass is 10.2. The molecule has 0 bridgehead atoms. The monoisotopic (exact) mass is 479 g/mol. The van der Waals surface area contributed by atoms with Gasteiger partial charge in [0, 0.05) is 11.6 Å². The lowest BCUT2D eigenvalue weighted by Crippen LogP contribution is -2.43. The zero-order chi connectivity index (χ0) is 20.9. The van der Waals surface area contributed by atoms with Gasteiger partial charge in [-0.3, -0.25) is 4.79 Å². The van der Waals surface area contributed by atoms with Crippen LogP contribution >= 0.6 is 34.7 Å². The molecule has 4 aromatic rings. The van der Waals surface area contributed by atoms with Crippen LogP contribution in [-0.2, 0) is 14.8 Å². The lowest BCUT2D eigenvalue weighted by molar-refractivity contribution is -0.119. The second-order valence-corrected chi connectivity index (χ2v) is 10.6. The quantitative estimate of drug-likeness (QED) is 0.478. The molecule has 154 valence electrons. The Bertz CT molecular complexity index is 1380. The van der Waals surface area contributed by atoms with Crippen LogP contribution in [0, 0.1) is 0 Å². The number of thiazole rings is 1. The van der Waals surface area contributed by atoms with Crippen LogP contribution < -0.4 is 5.32 Å². The summed E-state index contributed by atoms with van der Waals surface area (Å²) in [5, 5.41) is 3.77. The largest absolute Gasteiger partial charge is 0.301 e. The Morgan fingerprint density at radius 3 is 2.93 bits per heavy atom. The third kappa shape index (κ3) is 3.36. The van der Waals surface area contributed by atoms with Gasteiger partial charge in [0.25, 0.3) is 0 Å². The summed E-state index contributed by atoms with van der Waals surface area (Å²) >= 11 is 8.26. The maximum atomic E-state index is 13.3. The summed E-state index contributed by atoms with van der Waals surface area (Å²) in [5.74, 6) is -0.398. The van der Waals surface area contributed by atoms with Crippen molar-refractivity contribution in [3.63, 3.8) is 0 Å². The number of nitrogens with one attached hydrogen (secondary N) is 1. The van der Waals surface area contributed by atoms with E-state index in [1.54, 1.807) is 30.3 Å². The molecule has 8 nitrogen and oxygen atoms in total. The molecule has 30 heavy (non-hydrogen) atoms. The molecule has 1 saturated heterocycles. The van der Waals surface area contributed by atoms with Crippen molar-refractivity contribution >= 4 is 77.0 Å². The summed E-state index contributed by atoms with van der Waals surface area (Å²) in [4.78, 5) is 17.4. The molecule has 2 aromatic heterocycles. The number of carbonyl (C=O) groups excluding carboxylic acids is 1. The van der Waals surface area contributed by atoms with Crippen molar-refractivity contribution in [2.75, 3.05) is 11.9 Å². The van der Waals surface area contributed by atoms with Crippen molar-refractivity contribution in [3.8, 4) is 0 Å². The van der Waals surface area contributed by atoms with Crippen LogP contribution in [0.2, 0.25) is 5.02 Å². The van der Waals surface area contributed by atoms with Crippen molar-refractivity contribution in [1.29, 1.82) is 0 Å². The van der Waals surface area contributed by atoms with E-state index in [1.165, 1.54) is 21.7 Å². The van der Waals surface area contributed by atoms with Crippen LogP contribution in [0.15, 0.2) is 41.3 Å². The fraction of sp³-hybridized carbons (Fsp3) is 0.222. The average Bonchev–Trinajstić information content (AvgIpc) is 3.45. The molecule has 1 aliphatic rings. The van der Waals surface area contributed by atoms with E-state index in [0.29, 0.717) is 34.0 Å². The number of hydrogen-bond acceptors (Lipinski definition) is 8. The molecule has 1 atom stereocenters. The van der Waals surface area contributed by atoms with Gasteiger partial charge in [-0.15, -0.1) is 0 Å². The van der Waals surface area contributed by atoms with E-state index in [2.05, 4.69) is 19.0 Å². The Morgan fingerprint density at radius 2 is 2.07 bits per heavy atom. The number of halogens is 1. The number of nitrogens with zero attached hydrogens (tertiary/aromatic N) is 4. The predicted octanol–water partition coefficient (Wildman–Crippen LogP) is 3.75. The minimum absolute atomic E-state index is 0.0723. The van der Waals surface area contributed by atoms with Crippen molar-refractivity contribution in [2.45, 2.75) is 23.8 Å². The van der Waals surface area contributed by atoms with Crippen molar-refractivity contribution in [3.05, 3.63) is 41.4 Å². The van der Waals surface area contributed by atoms with Gasteiger partial charge in [-0.05, 0) is 43.2 Å². The normalized spacial score (nSPS) is 17.7. The Balaban J connectivity index is 1.43. The van der Waals surface area contributed by atoms with E-state index in [4.69, 9.17) is 11.6 Å². The third-order valence-corrected chi connectivity index (χ3v) is 8.57. The van der Waals surface area contributed by atoms with E-state index in [-0.39, 0.29) is 11.4 Å². The highest BCUT2D eigenvalue weighted by Gasteiger charge is 2.40. The summed E-state index contributed by atoms with van der Waals surface area (Å²) in [7, 11) is -3.91. The number of fused-ring (bicyclic) bond motifs is 2. The van der Waals surface area contributed by atoms with Crippen LogP contribution in [0.3, 0.4) is 0 Å². The molecule has 1 N–H and O–H groups in total. The second kappa shape index (κ2) is 7.50. The number of carbonyl (C=O) groups is 1. The number of hydrogen-bond donors (Lipinski definition) is 1. The smallest absolute Gasteiger partial charge is 0.246 e. The van der Waals surface area contributed by atoms with Crippen molar-refractivity contribution in [1.82, 2.24) is 18.0 Å². The second-order valence-electron chi connectivity index (χ2n) is 6.78. The first-order valence-electron chi connectivity index (χ1n) is 9.03. The summed E-state index contributed by atoms with van der Waals surface area (Å²) < 4.78 is 37.0. The van der Waals surface area contributed by atoms with Gasteiger partial charge >= 0.3 is 0 Å². The Morgan fingerprint density at radius 1 is 1.20 bits per heavy atom. The highest BCUT2D eigenvalue weighted by Crippen LogP contribution is 2.32. The minimum Gasteiger partial charge on any atom is -0.301 e. The van der Waals surface area contributed by atoms with Gasteiger partial charge in [-0.25, -0.2) is 13.4 Å². The van der Waals surface area contributed by atoms with Crippen molar-refractivity contribution in [2.24, 2.45) is 0 Å². The van der Waals surface area contributed by atoms with Gasteiger partial charge in [0.15, 0.2) is 5.13 Å². The summed E-state index contributed by atoms with van der Waals surface area (Å²) in [5.41, 5.74) is 1.57. The predicted molar refractivity (Wildman–Crippen MR) is 118 cm³/mol. The first-order chi connectivity index (χ1) is 14.4. The molecule has 0 radical (unpaired) electrons. The van der Waals surface area contributed by atoms with Gasteiger partial charge in [-0.2, -0.15) is 13.1 Å². The van der Waals surface area contributed by atoms with Gasteiger partial charge in [0.1, 0.15) is 22.0 Å². The number of sulfonamides is 1. The average molecular weight is 480 g/mol. The van der Waals surface area contributed by atoms with Crippen molar-refractivity contribution < 1.29 is 13.2 Å². The molecule has 0 spiro atoms. The standard InChI is InChI=1S/C18H14ClN5O3S3/c19-10-6-7-11-14(9-10)28-18(20-11)21-17(25)13-4-2-8-24(13)30(26,27)15-5-1-3-12-16(15)23-29-22-12/h1,3,5-7,9,13H,2,4,8H2,(H,20,21,25)/t13-/m0/s1. The zero-order valence-corrected chi connectivity index (χ0v) is 18.5. The van der Waals surface area contributed by atoms with Crippen LogP contribution in [0.25, 0.3) is 21.3 Å². The molecule has 12 heteroatoms. The molecular formula is C18H14ClN5O3S3. The Labute approximate surface area is 184 Å². The Hall–Kier alpha value is -2.18. The first kappa shape index (κ1) is 19.8. The molecule has 1 fully saturated rings. The number of aromatic nitrogens is 3. The van der Waals surface area contributed by atoms with E-state index in [0.717, 1.165) is 21.9 Å². The van der Waals surface area contributed by atoms with Crippen LogP contribution in [-0.4, -0.2) is 44.9 Å². The molecule has 1 amide bonds.